The maximum atomic E-state index is 13.7. The molecule has 36 heavy (non-hydrogen) atoms. The third-order valence-corrected chi connectivity index (χ3v) is 8.63. The second kappa shape index (κ2) is 11.0. The third-order valence-electron chi connectivity index (χ3n) is 6.61. The number of aliphatic hydroxyl groups is 1. The quantitative estimate of drug-likeness (QED) is 0.521. The van der Waals surface area contributed by atoms with Crippen molar-refractivity contribution in [1.82, 2.24) is 19.2 Å². The summed E-state index contributed by atoms with van der Waals surface area (Å²) >= 11 is 0. The summed E-state index contributed by atoms with van der Waals surface area (Å²) in [4.78, 5) is 10.4. The van der Waals surface area contributed by atoms with Crippen molar-refractivity contribution in [3.05, 3.63) is 72.3 Å². The zero-order valence-electron chi connectivity index (χ0n) is 21.2. The van der Waals surface area contributed by atoms with Crippen LogP contribution in [0, 0.1) is 12.8 Å². The van der Waals surface area contributed by atoms with Gasteiger partial charge in [-0.1, -0.05) is 42.8 Å². The number of benzene rings is 2. The average Bonchev–Trinajstić information content (AvgIpc) is 2.86. The van der Waals surface area contributed by atoms with Crippen molar-refractivity contribution in [2.75, 3.05) is 26.7 Å². The molecule has 8 nitrogen and oxygen atoms in total. The van der Waals surface area contributed by atoms with E-state index in [1.807, 2.05) is 57.3 Å². The van der Waals surface area contributed by atoms with Crippen LogP contribution in [0.1, 0.15) is 25.0 Å². The van der Waals surface area contributed by atoms with Crippen LogP contribution in [0.5, 0.6) is 5.75 Å². The largest absolute Gasteiger partial charge is 0.487 e. The zero-order chi connectivity index (χ0) is 25.9. The van der Waals surface area contributed by atoms with Crippen molar-refractivity contribution >= 4 is 10.0 Å². The highest BCUT2D eigenvalue weighted by molar-refractivity contribution is 7.89. The molecule has 0 saturated carbocycles. The molecule has 9 heteroatoms. The summed E-state index contributed by atoms with van der Waals surface area (Å²) < 4.78 is 35.3. The van der Waals surface area contributed by atoms with Crippen LogP contribution in [0.3, 0.4) is 0 Å². The number of hydrogen-bond donors (Lipinski definition) is 1. The van der Waals surface area contributed by atoms with E-state index >= 15 is 0 Å². The van der Waals surface area contributed by atoms with E-state index in [-0.39, 0.29) is 30.1 Å². The van der Waals surface area contributed by atoms with E-state index in [4.69, 9.17) is 4.74 Å². The summed E-state index contributed by atoms with van der Waals surface area (Å²) in [6.07, 6.45) is 4.79. The Kier molecular flexibility index (Phi) is 8.04. The van der Waals surface area contributed by atoms with Gasteiger partial charge in [0.15, 0.2) is 0 Å². The van der Waals surface area contributed by atoms with Crippen molar-refractivity contribution in [1.29, 1.82) is 0 Å². The van der Waals surface area contributed by atoms with E-state index in [1.54, 1.807) is 25.4 Å². The van der Waals surface area contributed by atoms with Crippen LogP contribution in [0.25, 0.3) is 11.1 Å². The first kappa shape index (κ1) is 26.2. The van der Waals surface area contributed by atoms with Gasteiger partial charge in [0.25, 0.3) is 0 Å². The number of hydrogen-bond acceptors (Lipinski definition) is 7. The Hall–Kier alpha value is -2.85. The fraction of sp³-hybridized carbons (Fsp3) is 0.407. The summed E-state index contributed by atoms with van der Waals surface area (Å²) in [5, 5.41) is 9.85. The van der Waals surface area contributed by atoms with Crippen LogP contribution in [-0.2, 0) is 16.6 Å². The number of rotatable bonds is 7. The number of ether oxygens (including phenoxy) is 1. The van der Waals surface area contributed by atoms with Gasteiger partial charge in [0.05, 0.1) is 6.61 Å². The highest BCUT2D eigenvalue weighted by Gasteiger charge is 2.38. The fourth-order valence-electron chi connectivity index (χ4n) is 4.46. The Morgan fingerprint density at radius 2 is 1.81 bits per heavy atom. The molecule has 1 aromatic heterocycles. The third kappa shape index (κ3) is 5.75. The molecule has 1 aliphatic rings. The predicted octanol–water partition coefficient (Wildman–Crippen LogP) is 3.35. The maximum Gasteiger partial charge on any atom is 0.247 e. The highest BCUT2D eigenvalue weighted by Crippen LogP contribution is 2.36. The summed E-state index contributed by atoms with van der Waals surface area (Å²) in [5.74, 6) is 0.204. The molecule has 0 fully saturated rings. The van der Waals surface area contributed by atoms with Crippen molar-refractivity contribution in [2.45, 2.75) is 44.4 Å². The van der Waals surface area contributed by atoms with Crippen LogP contribution in [0.4, 0.5) is 0 Å². The van der Waals surface area contributed by atoms with Crippen LogP contribution in [0.2, 0.25) is 0 Å². The Labute approximate surface area is 213 Å². The normalized spacial score (nSPS) is 20.7. The van der Waals surface area contributed by atoms with Crippen LogP contribution in [-0.4, -0.2) is 71.6 Å². The first-order valence-corrected chi connectivity index (χ1v) is 13.6. The number of aliphatic hydroxyl groups excluding tert-OH is 1. The molecule has 192 valence electrons. The maximum absolute atomic E-state index is 13.7. The van der Waals surface area contributed by atoms with Gasteiger partial charge < -0.3 is 9.84 Å². The van der Waals surface area contributed by atoms with E-state index in [2.05, 4.69) is 14.9 Å². The molecule has 1 N–H and O–H groups in total. The minimum atomic E-state index is -3.87. The molecule has 0 unspecified atom stereocenters. The van der Waals surface area contributed by atoms with Crippen LogP contribution >= 0.6 is 0 Å². The SMILES string of the molecule is Cc1ccc(-c2ccc3c(c2)O[C@H](CN(C)Cc2cncnc2)[C@H](C)CN([C@@H](C)CO)S3(=O)=O)cc1. The van der Waals surface area contributed by atoms with E-state index in [1.165, 1.54) is 10.6 Å². The molecule has 4 rings (SSSR count). The number of nitrogens with zero attached hydrogens (tertiary/aromatic N) is 4. The summed E-state index contributed by atoms with van der Waals surface area (Å²) in [6, 6.07) is 12.8. The van der Waals surface area contributed by atoms with Gasteiger partial charge in [-0.15, -0.1) is 0 Å². The molecule has 0 bridgehead atoms. The lowest BCUT2D eigenvalue weighted by atomic mass is 10.0. The zero-order valence-corrected chi connectivity index (χ0v) is 22.0. The molecule has 0 aliphatic carbocycles. The summed E-state index contributed by atoms with van der Waals surface area (Å²) in [5.41, 5.74) is 4.00. The van der Waals surface area contributed by atoms with Crippen molar-refractivity contribution in [3.63, 3.8) is 0 Å². The number of aryl methyl sites for hydroxylation is 1. The molecular weight excluding hydrogens is 476 g/mol. The molecule has 1 aliphatic heterocycles. The van der Waals surface area contributed by atoms with Crippen LogP contribution < -0.4 is 4.74 Å². The van der Waals surface area contributed by atoms with Crippen molar-refractivity contribution in [2.24, 2.45) is 5.92 Å². The highest BCUT2D eigenvalue weighted by atomic mass is 32.2. The van der Waals surface area contributed by atoms with Crippen LogP contribution in [0.15, 0.2) is 66.1 Å². The standard InChI is InChI=1S/C27H34N4O4S/c1-19-5-7-23(8-6-19)24-9-10-27-25(11-24)35-26(16-30(4)15-22-12-28-18-29-13-22)20(2)14-31(21(3)17-32)36(27,33)34/h5-13,18,20-21,26,32H,14-17H2,1-4H3/t20-,21+,26-/m1/s1. The number of sulfonamides is 1. The molecule has 0 spiro atoms. The van der Waals surface area contributed by atoms with Gasteiger partial charge in [0.1, 0.15) is 23.1 Å². The summed E-state index contributed by atoms with van der Waals surface area (Å²) in [6.45, 7) is 6.94. The number of likely N-dealkylation sites (N-methyl/N-ethyl adjacent to an activating group) is 1. The molecule has 0 amide bonds. The monoisotopic (exact) mass is 510 g/mol. The predicted molar refractivity (Wildman–Crippen MR) is 139 cm³/mol. The minimum absolute atomic E-state index is 0.120. The average molecular weight is 511 g/mol. The topological polar surface area (TPSA) is 95.9 Å². The number of fused-ring (bicyclic) bond motifs is 1. The smallest absolute Gasteiger partial charge is 0.247 e. The van der Waals surface area contributed by atoms with Crippen molar-refractivity contribution < 1.29 is 18.3 Å². The first-order chi connectivity index (χ1) is 17.2. The molecule has 3 aromatic rings. The second-order valence-corrected chi connectivity index (χ2v) is 11.6. The molecule has 0 saturated heterocycles. The molecular formula is C27H34N4O4S. The van der Waals surface area contributed by atoms with Gasteiger partial charge in [0, 0.05) is 49.6 Å². The van der Waals surface area contributed by atoms with E-state index in [9.17, 15) is 13.5 Å². The Balaban J connectivity index is 1.72. The Bertz CT molecular complexity index is 1270. The van der Waals surface area contributed by atoms with Gasteiger partial charge >= 0.3 is 0 Å². The molecule has 2 heterocycles. The van der Waals surface area contributed by atoms with Gasteiger partial charge in [-0.3, -0.25) is 4.90 Å². The van der Waals surface area contributed by atoms with Gasteiger partial charge in [0.2, 0.25) is 10.0 Å². The summed E-state index contributed by atoms with van der Waals surface area (Å²) in [7, 11) is -1.88. The van der Waals surface area contributed by atoms with E-state index in [0.717, 1.165) is 22.3 Å². The lowest BCUT2D eigenvalue weighted by Crippen LogP contribution is -2.49. The van der Waals surface area contributed by atoms with Gasteiger partial charge in [-0.05, 0) is 44.2 Å². The minimum Gasteiger partial charge on any atom is -0.487 e. The fourth-order valence-corrected chi connectivity index (χ4v) is 6.29. The van der Waals surface area contributed by atoms with Crippen molar-refractivity contribution in [3.8, 4) is 16.9 Å². The molecule has 3 atom stereocenters. The second-order valence-electron chi connectivity index (χ2n) is 9.71. The molecule has 2 aromatic carbocycles. The lowest BCUT2D eigenvalue weighted by Gasteiger charge is -2.37. The van der Waals surface area contributed by atoms with E-state index < -0.39 is 16.1 Å². The Morgan fingerprint density at radius 3 is 2.47 bits per heavy atom. The van der Waals surface area contributed by atoms with E-state index in [0.29, 0.717) is 18.8 Å². The lowest BCUT2D eigenvalue weighted by molar-refractivity contribution is 0.0733. The number of aromatic nitrogens is 2. The van der Waals surface area contributed by atoms with Gasteiger partial charge in [-0.2, -0.15) is 4.31 Å². The first-order valence-electron chi connectivity index (χ1n) is 12.1. The molecule has 0 radical (unpaired) electrons. The Morgan fingerprint density at radius 1 is 1.14 bits per heavy atom. The van der Waals surface area contributed by atoms with Gasteiger partial charge in [-0.25, -0.2) is 18.4 Å².